The number of fused-ring (bicyclic) bond motifs is 1. The molecule has 0 aromatic heterocycles. The molecule has 2 aliphatic rings. The smallest absolute Gasteiger partial charge is 0.236 e. The summed E-state index contributed by atoms with van der Waals surface area (Å²) in [6.45, 7) is 4.07. The van der Waals surface area contributed by atoms with E-state index >= 15 is 0 Å². The standard InChI is InChI=1S/C17H21N3O3/c1-13-10-14-4-2-3-5-15(14)20(13)17(23)11-16(22)19-8-6-18(12-21)7-9-19/h2-5,12-13H,6-11H2,1H3. The van der Waals surface area contributed by atoms with Gasteiger partial charge in [-0.2, -0.15) is 0 Å². The Bertz CT molecular complexity index is 623. The van der Waals surface area contributed by atoms with Crippen LogP contribution in [0.25, 0.3) is 0 Å². The van der Waals surface area contributed by atoms with Crippen molar-refractivity contribution >= 4 is 23.9 Å². The number of hydrogen-bond acceptors (Lipinski definition) is 3. The van der Waals surface area contributed by atoms with Crippen molar-refractivity contribution < 1.29 is 14.4 Å². The highest BCUT2D eigenvalue weighted by molar-refractivity contribution is 6.06. The van der Waals surface area contributed by atoms with Gasteiger partial charge in [0, 0.05) is 37.9 Å². The molecular weight excluding hydrogens is 294 g/mol. The van der Waals surface area contributed by atoms with Gasteiger partial charge in [0.25, 0.3) is 0 Å². The lowest BCUT2D eigenvalue weighted by molar-refractivity contribution is -0.138. The van der Waals surface area contributed by atoms with Gasteiger partial charge in [-0.3, -0.25) is 14.4 Å². The van der Waals surface area contributed by atoms with Crippen LogP contribution in [0.1, 0.15) is 18.9 Å². The van der Waals surface area contributed by atoms with E-state index in [1.165, 1.54) is 0 Å². The number of carbonyl (C=O) groups excluding carboxylic acids is 3. The number of nitrogens with zero attached hydrogens (tertiary/aromatic N) is 3. The Morgan fingerprint density at radius 1 is 1.13 bits per heavy atom. The van der Waals surface area contributed by atoms with Gasteiger partial charge in [0.05, 0.1) is 0 Å². The summed E-state index contributed by atoms with van der Waals surface area (Å²) in [4.78, 5) is 40.7. The molecule has 6 nitrogen and oxygen atoms in total. The zero-order chi connectivity index (χ0) is 16.4. The molecule has 1 unspecified atom stereocenters. The molecule has 0 spiro atoms. The van der Waals surface area contributed by atoms with Crippen LogP contribution in [0.4, 0.5) is 5.69 Å². The van der Waals surface area contributed by atoms with Crippen LogP contribution in [0.15, 0.2) is 24.3 Å². The molecule has 1 atom stereocenters. The lowest BCUT2D eigenvalue weighted by Gasteiger charge is -2.33. The fourth-order valence-corrected chi connectivity index (χ4v) is 3.35. The van der Waals surface area contributed by atoms with Crippen molar-refractivity contribution in [3.05, 3.63) is 29.8 Å². The SMILES string of the molecule is CC1Cc2ccccc2N1C(=O)CC(=O)N1CCN(C=O)CC1. The van der Waals surface area contributed by atoms with E-state index in [9.17, 15) is 14.4 Å². The van der Waals surface area contributed by atoms with Crippen molar-refractivity contribution in [2.45, 2.75) is 25.8 Å². The Kier molecular flexibility index (Phi) is 4.32. The minimum absolute atomic E-state index is 0.0830. The number of para-hydroxylation sites is 1. The van der Waals surface area contributed by atoms with Gasteiger partial charge in [-0.15, -0.1) is 0 Å². The lowest BCUT2D eigenvalue weighted by atomic mass is 10.1. The maximum atomic E-state index is 12.6. The van der Waals surface area contributed by atoms with E-state index in [2.05, 4.69) is 0 Å². The van der Waals surface area contributed by atoms with Gasteiger partial charge in [0.2, 0.25) is 18.2 Å². The van der Waals surface area contributed by atoms with Crippen LogP contribution in [0.5, 0.6) is 0 Å². The summed E-state index contributed by atoms with van der Waals surface area (Å²) in [5.74, 6) is -0.303. The summed E-state index contributed by atoms with van der Waals surface area (Å²) in [5, 5.41) is 0. The number of rotatable bonds is 3. The maximum absolute atomic E-state index is 12.6. The maximum Gasteiger partial charge on any atom is 0.236 e. The molecule has 2 aliphatic heterocycles. The third-order valence-electron chi connectivity index (χ3n) is 4.59. The minimum atomic E-state index is -0.155. The van der Waals surface area contributed by atoms with E-state index in [0.717, 1.165) is 24.1 Å². The molecular formula is C17H21N3O3. The molecule has 1 saturated heterocycles. The average Bonchev–Trinajstić information content (AvgIpc) is 2.90. The molecule has 23 heavy (non-hydrogen) atoms. The molecule has 2 heterocycles. The lowest BCUT2D eigenvalue weighted by Crippen LogP contribution is -2.49. The van der Waals surface area contributed by atoms with Crippen LogP contribution in [0.2, 0.25) is 0 Å². The third-order valence-corrected chi connectivity index (χ3v) is 4.59. The fraction of sp³-hybridized carbons (Fsp3) is 0.471. The normalized spacial score (nSPS) is 20.4. The second-order valence-electron chi connectivity index (χ2n) is 6.14. The van der Waals surface area contributed by atoms with Crippen LogP contribution < -0.4 is 4.90 Å². The van der Waals surface area contributed by atoms with Gasteiger partial charge in [0.1, 0.15) is 6.42 Å². The Morgan fingerprint density at radius 3 is 2.52 bits per heavy atom. The summed E-state index contributed by atoms with van der Waals surface area (Å²) in [5.41, 5.74) is 2.07. The number of carbonyl (C=O) groups is 3. The molecule has 0 saturated carbocycles. The van der Waals surface area contributed by atoms with Crippen LogP contribution in [-0.4, -0.2) is 60.2 Å². The molecule has 0 radical (unpaired) electrons. The quantitative estimate of drug-likeness (QED) is 0.608. The summed E-state index contributed by atoms with van der Waals surface area (Å²) in [6.07, 6.45) is 1.52. The second kappa shape index (κ2) is 6.40. The average molecular weight is 315 g/mol. The largest absolute Gasteiger partial charge is 0.342 e. The zero-order valence-electron chi connectivity index (χ0n) is 13.3. The van der Waals surface area contributed by atoms with Crippen LogP contribution in [0, 0.1) is 0 Å². The van der Waals surface area contributed by atoms with Crippen LogP contribution >= 0.6 is 0 Å². The van der Waals surface area contributed by atoms with E-state index in [4.69, 9.17) is 0 Å². The first kappa shape index (κ1) is 15.5. The monoisotopic (exact) mass is 315 g/mol. The summed E-state index contributed by atoms with van der Waals surface area (Å²) < 4.78 is 0. The molecule has 3 amide bonds. The van der Waals surface area contributed by atoms with Crippen molar-refractivity contribution in [3.63, 3.8) is 0 Å². The Hall–Kier alpha value is -2.37. The number of hydrogen-bond donors (Lipinski definition) is 0. The van der Waals surface area contributed by atoms with Crippen molar-refractivity contribution in [2.24, 2.45) is 0 Å². The van der Waals surface area contributed by atoms with Gasteiger partial charge in [-0.1, -0.05) is 18.2 Å². The predicted molar refractivity (Wildman–Crippen MR) is 85.9 cm³/mol. The highest BCUT2D eigenvalue weighted by atomic mass is 16.2. The molecule has 0 N–H and O–H groups in total. The molecule has 3 rings (SSSR count). The highest BCUT2D eigenvalue weighted by Gasteiger charge is 2.32. The topological polar surface area (TPSA) is 60.9 Å². The minimum Gasteiger partial charge on any atom is -0.342 e. The summed E-state index contributed by atoms with van der Waals surface area (Å²) >= 11 is 0. The third kappa shape index (κ3) is 3.06. The zero-order valence-corrected chi connectivity index (χ0v) is 13.3. The second-order valence-corrected chi connectivity index (χ2v) is 6.14. The molecule has 6 heteroatoms. The summed E-state index contributed by atoms with van der Waals surface area (Å²) in [6, 6.07) is 7.93. The number of piperazine rings is 1. The van der Waals surface area contributed by atoms with E-state index in [-0.39, 0.29) is 24.3 Å². The van der Waals surface area contributed by atoms with Gasteiger partial charge < -0.3 is 14.7 Å². The first-order valence-electron chi connectivity index (χ1n) is 7.97. The number of benzene rings is 1. The van der Waals surface area contributed by atoms with Gasteiger partial charge in [-0.25, -0.2) is 0 Å². The molecule has 1 aromatic rings. The Labute approximate surface area is 135 Å². The van der Waals surface area contributed by atoms with E-state index in [0.29, 0.717) is 26.2 Å². The van der Waals surface area contributed by atoms with E-state index in [1.807, 2.05) is 31.2 Å². The fourth-order valence-electron chi connectivity index (χ4n) is 3.35. The molecule has 122 valence electrons. The predicted octanol–water partition coefficient (Wildman–Crippen LogP) is 0.655. The van der Waals surface area contributed by atoms with E-state index in [1.54, 1.807) is 14.7 Å². The highest BCUT2D eigenvalue weighted by Crippen LogP contribution is 2.32. The van der Waals surface area contributed by atoms with E-state index < -0.39 is 0 Å². The first-order chi connectivity index (χ1) is 11.1. The molecule has 1 aromatic carbocycles. The number of amides is 3. The van der Waals surface area contributed by atoms with Crippen molar-refractivity contribution in [1.29, 1.82) is 0 Å². The van der Waals surface area contributed by atoms with Crippen molar-refractivity contribution in [1.82, 2.24) is 9.80 Å². The summed E-state index contributed by atoms with van der Waals surface area (Å²) in [7, 11) is 0. The van der Waals surface area contributed by atoms with Gasteiger partial charge >= 0.3 is 0 Å². The Balaban J connectivity index is 1.63. The van der Waals surface area contributed by atoms with Crippen LogP contribution in [-0.2, 0) is 20.8 Å². The Morgan fingerprint density at radius 2 is 1.83 bits per heavy atom. The van der Waals surface area contributed by atoms with Crippen molar-refractivity contribution in [2.75, 3.05) is 31.1 Å². The first-order valence-corrected chi connectivity index (χ1v) is 7.97. The van der Waals surface area contributed by atoms with Crippen molar-refractivity contribution in [3.8, 4) is 0 Å². The van der Waals surface area contributed by atoms with Crippen LogP contribution in [0.3, 0.4) is 0 Å². The number of anilines is 1. The molecule has 0 aliphatic carbocycles. The van der Waals surface area contributed by atoms with Gasteiger partial charge in [-0.05, 0) is 25.0 Å². The molecule has 0 bridgehead atoms. The molecule has 1 fully saturated rings. The van der Waals surface area contributed by atoms with Gasteiger partial charge in [0.15, 0.2) is 0 Å².